The minimum Gasteiger partial charge on any atom is -0.379 e. The number of hydrogen-bond acceptors (Lipinski definition) is 5. The molecule has 0 radical (unpaired) electrons. The molecule has 0 atom stereocenters. The third-order valence-corrected chi connectivity index (χ3v) is 3.54. The van der Waals surface area contributed by atoms with Gasteiger partial charge < -0.3 is 18.9 Å². The lowest BCUT2D eigenvalue weighted by molar-refractivity contribution is -0.122. The van der Waals surface area contributed by atoms with Crippen molar-refractivity contribution in [2.24, 2.45) is 11.8 Å². The molecule has 0 fully saturated rings. The van der Waals surface area contributed by atoms with E-state index < -0.39 is 0 Å². The molecule has 0 N–H and O–H groups in total. The molecule has 0 aromatic heterocycles. The van der Waals surface area contributed by atoms with Crippen LogP contribution in [0, 0.1) is 11.8 Å². The summed E-state index contributed by atoms with van der Waals surface area (Å²) in [6, 6.07) is 0. The van der Waals surface area contributed by atoms with Crippen LogP contribution in [0.3, 0.4) is 0 Å². The minimum absolute atomic E-state index is 0.124. The van der Waals surface area contributed by atoms with Gasteiger partial charge in [0.25, 0.3) is 0 Å². The van der Waals surface area contributed by atoms with Gasteiger partial charge in [-0.3, -0.25) is 4.79 Å². The van der Waals surface area contributed by atoms with Crippen molar-refractivity contribution in [1.29, 1.82) is 0 Å². The van der Waals surface area contributed by atoms with Crippen molar-refractivity contribution < 1.29 is 23.7 Å². The topological polar surface area (TPSA) is 54.0 Å². The average molecular weight is 347 g/mol. The summed E-state index contributed by atoms with van der Waals surface area (Å²) in [6.07, 6.45) is 3.72. The van der Waals surface area contributed by atoms with E-state index in [-0.39, 0.29) is 5.92 Å². The number of Topliss-reactive ketones (excluding diaryl/α,β-unsaturated/α-hetero) is 1. The van der Waals surface area contributed by atoms with E-state index in [0.29, 0.717) is 58.5 Å². The number of carbonyl (C=O) groups excluding carboxylic acids is 1. The van der Waals surface area contributed by atoms with E-state index >= 15 is 0 Å². The van der Waals surface area contributed by atoms with Crippen molar-refractivity contribution in [2.45, 2.75) is 53.4 Å². The summed E-state index contributed by atoms with van der Waals surface area (Å²) in [7, 11) is 0. The Morgan fingerprint density at radius 1 is 0.667 bits per heavy atom. The minimum atomic E-state index is 0.124. The highest BCUT2D eigenvalue weighted by atomic mass is 16.6. The molecule has 0 saturated carbocycles. The summed E-state index contributed by atoms with van der Waals surface area (Å²) < 4.78 is 21.8. The van der Waals surface area contributed by atoms with Crippen LogP contribution in [-0.4, -0.2) is 58.6 Å². The second-order valence-corrected chi connectivity index (χ2v) is 6.71. The third-order valence-electron chi connectivity index (χ3n) is 3.54. The molecule has 0 aliphatic rings. The molecule has 5 nitrogen and oxygen atoms in total. The first-order valence-electron chi connectivity index (χ1n) is 9.37. The lowest BCUT2D eigenvalue weighted by atomic mass is 10.1. The maximum atomic E-state index is 11.4. The van der Waals surface area contributed by atoms with Crippen molar-refractivity contribution in [3.8, 4) is 0 Å². The predicted molar refractivity (Wildman–Crippen MR) is 96.4 cm³/mol. The fourth-order valence-corrected chi connectivity index (χ4v) is 1.99. The number of ether oxygens (including phenoxy) is 4. The molecule has 24 heavy (non-hydrogen) atoms. The van der Waals surface area contributed by atoms with Crippen LogP contribution in [-0.2, 0) is 23.7 Å². The number of ketones is 1. The van der Waals surface area contributed by atoms with Gasteiger partial charge in [0, 0.05) is 25.6 Å². The SMILES string of the molecule is CC(C)CCCOCCOCCOCCOCCCC(=O)C(C)C. The molecule has 0 amide bonds. The van der Waals surface area contributed by atoms with Gasteiger partial charge in [0.15, 0.2) is 0 Å². The van der Waals surface area contributed by atoms with Gasteiger partial charge in [-0.2, -0.15) is 0 Å². The third kappa shape index (κ3) is 17.9. The van der Waals surface area contributed by atoms with Gasteiger partial charge in [-0.25, -0.2) is 0 Å². The molecule has 144 valence electrons. The highest BCUT2D eigenvalue weighted by molar-refractivity contribution is 5.80. The van der Waals surface area contributed by atoms with E-state index in [9.17, 15) is 4.79 Å². The molecule has 0 aliphatic carbocycles. The Bertz CT molecular complexity index is 279. The summed E-state index contributed by atoms with van der Waals surface area (Å²) in [4.78, 5) is 11.4. The zero-order valence-electron chi connectivity index (χ0n) is 16.2. The van der Waals surface area contributed by atoms with Crippen LogP contribution in [0.25, 0.3) is 0 Å². The first-order valence-corrected chi connectivity index (χ1v) is 9.37. The lowest BCUT2D eigenvalue weighted by Gasteiger charge is -2.08. The van der Waals surface area contributed by atoms with Crippen molar-refractivity contribution in [2.75, 3.05) is 52.9 Å². The Morgan fingerprint density at radius 3 is 1.50 bits per heavy atom. The van der Waals surface area contributed by atoms with Crippen molar-refractivity contribution >= 4 is 5.78 Å². The molecule has 0 aromatic rings. The normalized spacial score (nSPS) is 11.6. The second-order valence-electron chi connectivity index (χ2n) is 6.71. The van der Waals surface area contributed by atoms with Gasteiger partial charge in [-0.05, 0) is 25.2 Å². The molecule has 0 rings (SSSR count). The molecule has 0 spiro atoms. The lowest BCUT2D eigenvalue weighted by Crippen LogP contribution is -2.13. The predicted octanol–water partition coefficient (Wildman–Crippen LogP) is 3.49. The Morgan fingerprint density at radius 2 is 1.08 bits per heavy atom. The van der Waals surface area contributed by atoms with Gasteiger partial charge >= 0.3 is 0 Å². The highest BCUT2D eigenvalue weighted by Crippen LogP contribution is 2.03. The zero-order valence-corrected chi connectivity index (χ0v) is 16.2. The van der Waals surface area contributed by atoms with E-state index in [1.807, 2.05) is 13.8 Å². The van der Waals surface area contributed by atoms with Crippen molar-refractivity contribution in [3.05, 3.63) is 0 Å². The quantitative estimate of drug-likeness (QED) is 0.356. The molecular formula is C19H38O5. The first kappa shape index (κ1) is 23.5. The fourth-order valence-electron chi connectivity index (χ4n) is 1.99. The van der Waals surface area contributed by atoms with Crippen molar-refractivity contribution in [1.82, 2.24) is 0 Å². The van der Waals surface area contributed by atoms with Crippen LogP contribution in [0.5, 0.6) is 0 Å². The summed E-state index contributed by atoms with van der Waals surface area (Å²) >= 11 is 0. The largest absolute Gasteiger partial charge is 0.379 e. The molecule has 5 heteroatoms. The van der Waals surface area contributed by atoms with Crippen LogP contribution >= 0.6 is 0 Å². The van der Waals surface area contributed by atoms with E-state index in [1.165, 1.54) is 6.42 Å². The van der Waals surface area contributed by atoms with Gasteiger partial charge in [0.05, 0.1) is 39.6 Å². The van der Waals surface area contributed by atoms with Crippen LogP contribution in [0.1, 0.15) is 53.4 Å². The van der Waals surface area contributed by atoms with Crippen LogP contribution in [0.15, 0.2) is 0 Å². The molecule has 0 bridgehead atoms. The van der Waals surface area contributed by atoms with E-state index in [4.69, 9.17) is 18.9 Å². The van der Waals surface area contributed by atoms with Gasteiger partial charge in [-0.1, -0.05) is 27.7 Å². The maximum Gasteiger partial charge on any atom is 0.135 e. The standard InChI is InChI=1S/C19H38O5/c1-17(2)7-5-9-21-11-13-23-15-16-24-14-12-22-10-6-8-19(20)18(3)4/h17-18H,5-16H2,1-4H3. The van der Waals surface area contributed by atoms with E-state index in [0.717, 1.165) is 25.4 Å². The summed E-state index contributed by atoms with van der Waals surface area (Å²) in [5.74, 6) is 1.17. The van der Waals surface area contributed by atoms with Gasteiger partial charge in [0.1, 0.15) is 5.78 Å². The molecule has 0 aliphatic heterocycles. The smallest absolute Gasteiger partial charge is 0.135 e. The van der Waals surface area contributed by atoms with Crippen LogP contribution < -0.4 is 0 Å². The number of rotatable bonds is 18. The summed E-state index contributed by atoms with van der Waals surface area (Å²) in [5.41, 5.74) is 0. The monoisotopic (exact) mass is 346 g/mol. The molecule has 0 aromatic carbocycles. The first-order chi connectivity index (χ1) is 11.5. The zero-order chi connectivity index (χ0) is 18.0. The Balaban J connectivity index is 3.06. The summed E-state index contributed by atoms with van der Waals surface area (Å²) in [5, 5.41) is 0. The number of carbonyl (C=O) groups is 1. The van der Waals surface area contributed by atoms with E-state index in [1.54, 1.807) is 0 Å². The average Bonchev–Trinajstić information content (AvgIpc) is 2.53. The Labute approximate surface area is 148 Å². The maximum absolute atomic E-state index is 11.4. The Kier molecular flexibility index (Phi) is 17.0. The second kappa shape index (κ2) is 17.3. The van der Waals surface area contributed by atoms with Gasteiger partial charge in [-0.15, -0.1) is 0 Å². The fraction of sp³-hybridized carbons (Fsp3) is 0.947. The molecule has 0 unspecified atom stereocenters. The van der Waals surface area contributed by atoms with E-state index in [2.05, 4.69) is 13.8 Å². The number of hydrogen-bond donors (Lipinski definition) is 0. The Hall–Kier alpha value is -0.490. The molecule has 0 heterocycles. The van der Waals surface area contributed by atoms with Gasteiger partial charge in [0.2, 0.25) is 0 Å². The van der Waals surface area contributed by atoms with Crippen LogP contribution in [0.2, 0.25) is 0 Å². The molecule has 0 saturated heterocycles. The van der Waals surface area contributed by atoms with Crippen molar-refractivity contribution in [3.63, 3.8) is 0 Å². The highest BCUT2D eigenvalue weighted by Gasteiger charge is 2.05. The van der Waals surface area contributed by atoms with Crippen LogP contribution in [0.4, 0.5) is 0 Å². The summed E-state index contributed by atoms with van der Waals surface area (Å²) in [6.45, 7) is 13.3. The molecular weight excluding hydrogens is 308 g/mol.